The van der Waals surface area contributed by atoms with E-state index in [0.29, 0.717) is 22.4 Å². The first-order valence-electron chi connectivity index (χ1n) is 7.57. The molecule has 3 aromatic heterocycles. The summed E-state index contributed by atoms with van der Waals surface area (Å²) in [5.41, 5.74) is 2.10. The maximum atomic E-state index is 13.1. The molecule has 5 heteroatoms. The van der Waals surface area contributed by atoms with Crippen LogP contribution in [0.2, 0.25) is 0 Å². The Hall–Kier alpha value is -3.05. The van der Waals surface area contributed by atoms with Gasteiger partial charge in [0.1, 0.15) is 0 Å². The maximum Gasteiger partial charge on any atom is 0.267 e. The second kappa shape index (κ2) is 4.97. The normalized spacial score (nSPS) is 11.5. The molecule has 114 valence electrons. The van der Waals surface area contributed by atoms with Gasteiger partial charge in [0, 0.05) is 5.39 Å². The van der Waals surface area contributed by atoms with Gasteiger partial charge in [-0.3, -0.25) is 4.79 Å². The molecule has 24 heavy (non-hydrogen) atoms. The summed E-state index contributed by atoms with van der Waals surface area (Å²) in [5, 5.41) is 3.46. The highest BCUT2D eigenvalue weighted by molar-refractivity contribution is 7.13. The lowest BCUT2D eigenvalue weighted by molar-refractivity contribution is 1.05. The monoisotopic (exact) mass is 329 g/mol. The Morgan fingerprint density at radius 3 is 2.25 bits per heavy atom. The third kappa shape index (κ3) is 1.82. The van der Waals surface area contributed by atoms with Gasteiger partial charge in [0.25, 0.3) is 5.56 Å². The zero-order chi connectivity index (χ0) is 16.1. The summed E-state index contributed by atoms with van der Waals surface area (Å²) in [6, 6.07) is 19.2. The summed E-state index contributed by atoms with van der Waals surface area (Å²) in [7, 11) is 0. The topological polar surface area (TPSA) is 47.3 Å². The van der Waals surface area contributed by atoms with Crippen molar-refractivity contribution in [2.24, 2.45) is 0 Å². The van der Waals surface area contributed by atoms with Crippen LogP contribution in [0.25, 0.3) is 38.2 Å². The van der Waals surface area contributed by atoms with Crippen LogP contribution in [-0.4, -0.2) is 14.4 Å². The van der Waals surface area contributed by atoms with E-state index in [0.717, 1.165) is 15.8 Å². The molecule has 4 nitrogen and oxygen atoms in total. The van der Waals surface area contributed by atoms with Gasteiger partial charge in [-0.2, -0.15) is 0 Å². The first kappa shape index (κ1) is 13.4. The van der Waals surface area contributed by atoms with Crippen molar-refractivity contribution in [2.45, 2.75) is 0 Å². The number of thiophene rings is 1. The molecule has 3 heterocycles. The van der Waals surface area contributed by atoms with E-state index >= 15 is 0 Å². The molecule has 0 spiro atoms. The summed E-state index contributed by atoms with van der Waals surface area (Å²) in [5.74, 6) is 0.641. The molecule has 0 unspecified atom stereocenters. The smallest absolute Gasteiger partial charge is 0.267 e. The van der Waals surface area contributed by atoms with Crippen LogP contribution in [0.5, 0.6) is 0 Å². The van der Waals surface area contributed by atoms with E-state index in [-0.39, 0.29) is 5.56 Å². The van der Waals surface area contributed by atoms with Gasteiger partial charge in [0.2, 0.25) is 0 Å². The van der Waals surface area contributed by atoms with E-state index in [1.165, 1.54) is 0 Å². The molecule has 0 aliphatic rings. The quantitative estimate of drug-likeness (QED) is 0.343. The minimum Gasteiger partial charge on any atom is -0.268 e. The van der Waals surface area contributed by atoms with E-state index < -0.39 is 0 Å². The second-order valence-electron chi connectivity index (χ2n) is 5.52. The van der Waals surface area contributed by atoms with Crippen LogP contribution in [0, 0.1) is 0 Å². The van der Waals surface area contributed by atoms with Crippen molar-refractivity contribution in [3.8, 4) is 10.7 Å². The number of rotatable bonds is 1. The zero-order valence-corrected chi connectivity index (χ0v) is 13.3. The number of hydrogen-bond donors (Lipinski definition) is 0. The Kier molecular flexibility index (Phi) is 2.78. The average molecular weight is 329 g/mol. The fourth-order valence-corrected chi connectivity index (χ4v) is 3.71. The molecule has 0 radical (unpaired) electrons. The molecule has 0 amide bonds. The summed E-state index contributed by atoms with van der Waals surface area (Å²) in [4.78, 5) is 23.6. The second-order valence-corrected chi connectivity index (χ2v) is 6.47. The van der Waals surface area contributed by atoms with Gasteiger partial charge >= 0.3 is 0 Å². The number of nitrogens with zero attached hydrogens (tertiary/aromatic N) is 3. The van der Waals surface area contributed by atoms with Gasteiger partial charge in [-0.15, -0.1) is 11.3 Å². The SMILES string of the molecule is O=c1c2ccccc2nc2c3ccccc3nc(-c3cccs3)n12. The largest absolute Gasteiger partial charge is 0.268 e. The van der Waals surface area contributed by atoms with Gasteiger partial charge in [-0.25, -0.2) is 14.4 Å². The molecule has 0 aliphatic carbocycles. The van der Waals surface area contributed by atoms with E-state index in [1.807, 2.05) is 66.0 Å². The van der Waals surface area contributed by atoms with Crippen LogP contribution >= 0.6 is 11.3 Å². The van der Waals surface area contributed by atoms with Crippen molar-refractivity contribution in [3.05, 3.63) is 76.4 Å². The molecule has 0 aliphatic heterocycles. The van der Waals surface area contributed by atoms with Crippen LogP contribution in [-0.2, 0) is 0 Å². The fourth-order valence-electron chi connectivity index (χ4n) is 3.01. The van der Waals surface area contributed by atoms with Crippen LogP contribution in [0.3, 0.4) is 0 Å². The maximum absolute atomic E-state index is 13.1. The van der Waals surface area contributed by atoms with Crippen LogP contribution < -0.4 is 5.56 Å². The molecule has 5 aromatic rings. The molecule has 5 rings (SSSR count). The number of para-hydroxylation sites is 2. The molecular weight excluding hydrogens is 318 g/mol. The van der Waals surface area contributed by atoms with Gasteiger partial charge in [0.05, 0.1) is 21.3 Å². The lowest BCUT2D eigenvalue weighted by Gasteiger charge is -2.10. The van der Waals surface area contributed by atoms with Crippen molar-refractivity contribution in [1.29, 1.82) is 0 Å². The minimum absolute atomic E-state index is 0.0859. The Bertz CT molecular complexity index is 1270. The molecule has 0 bridgehead atoms. The summed E-state index contributed by atoms with van der Waals surface area (Å²) < 4.78 is 1.64. The Labute approximate surface area is 140 Å². The standard InChI is InChI=1S/C19H11N3OS/c23-19-13-7-2-4-9-15(13)20-17-12-6-1-3-8-14(12)21-18(22(17)19)16-10-5-11-24-16/h1-11H. The van der Waals surface area contributed by atoms with Gasteiger partial charge in [-0.1, -0.05) is 30.3 Å². The van der Waals surface area contributed by atoms with E-state index in [2.05, 4.69) is 0 Å². The van der Waals surface area contributed by atoms with Gasteiger partial charge in [0.15, 0.2) is 11.5 Å². The van der Waals surface area contributed by atoms with Crippen molar-refractivity contribution in [2.75, 3.05) is 0 Å². The zero-order valence-electron chi connectivity index (χ0n) is 12.5. The lowest BCUT2D eigenvalue weighted by atomic mass is 10.2. The number of fused-ring (bicyclic) bond motifs is 4. The molecule has 0 saturated carbocycles. The first-order chi connectivity index (χ1) is 11.8. The van der Waals surface area contributed by atoms with Crippen molar-refractivity contribution in [3.63, 3.8) is 0 Å². The summed E-state index contributed by atoms with van der Waals surface area (Å²) >= 11 is 1.56. The minimum atomic E-state index is -0.0859. The third-order valence-corrected chi connectivity index (χ3v) is 4.97. The number of hydrogen-bond acceptors (Lipinski definition) is 4. The molecule has 0 saturated heterocycles. The van der Waals surface area contributed by atoms with Crippen LogP contribution in [0.1, 0.15) is 0 Å². The predicted molar refractivity (Wildman–Crippen MR) is 97.6 cm³/mol. The highest BCUT2D eigenvalue weighted by Crippen LogP contribution is 2.27. The molecule has 2 aromatic carbocycles. The Morgan fingerprint density at radius 2 is 1.50 bits per heavy atom. The van der Waals surface area contributed by atoms with Gasteiger partial charge in [-0.05, 0) is 35.7 Å². The summed E-state index contributed by atoms with van der Waals surface area (Å²) in [6.45, 7) is 0. The van der Waals surface area contributed by atoms with E-state index in [4.69, 9.17) is 9.97 Å². The van der Waals surface area contributed by atoms with Crippen molar-refractivity contribution < 1.29 is 0 Å². The molecule has 0 fully saturated rings. The van der Waals surface area contributed by atoms with E-state index in [9.17, 15) is 4.79 Å². The predicted octanol–water partition coefficient (Wildman–Crippen LogP) is 4.12. The molecule has 0 N–H and O–H groups in total. The molecular formula is C19H11N3OS. The van der Waals surface area contributed by atoms with Crippen LogP contribution in [0.15, 0.2) is 70.8 Å². The number of benzene rings is 2. The highest BCUT2D eigenvalue weighted by atomic mass is 32.1. The van der Waals surface area contributed by atoms with Crippen molar-refractivity contribution >= 4 is 38.8 Å². The third-order valence-electron chi connectivity index (χ3n) is 4.10. The fraction of sp³-hybridized carbons (Fsp3) is 0. The van der Waals surface area contributed by atoms with Gasteiger partial charge < -0.3 is 0 Å². The average Bonchev–Trinajstić information content (AvgIpc) is 3.16. The van der Waals surface area contributed by atoms with Crippen LogP contribution in [0.4, 0.5) is 0 Å². The van der Waals surface area contributed by atoms with E-state index in [1.54, 1.807) is 15.7 Å². The first-order valence-corrected chi connectivity index (χ1v) is 8.45. The number of aromatic nitrogens is 3. The Morgan fingerprint density at radius 1 is 0.792 bits per heavy atom. The Balaban J connectivity index is 2.11. The van der Waals surface area contributed by atoms with Crippen molar-refractivity contribution in [1.82, 2.24) is 14.4 Å². The molecule has 0 atom stereocenters. The summed E-state index contributed by atoms with van der Waals surface area (Å²) in [6.07, 6.45) is 0. The highest BCUT2D eigenvalue weighted by Gasteiger charge is 2.15. The lowest BCUT2D eigenvalue weighted by Crippen LogP contribution is -2.18.